The molecular weight excluding hydrogens is 341 g/mol. The maximum Gasteiger partial charge on any atom is 0.229 e. The van der Waals surface area contributed by atoms with Gasteiger partial charge in [-0.2, -0.15) is 0 Å². The van der Waals surface area contributed by atoms with Crippen molar-refractivity contribution in [3.05, 3.63) is 47.2 Å². The van der Waals surface area contributed by atoms with Crippen molar-refractivity contribution in [1.29, 1.82) is 0 Å². The molecule has 8 heteroatoms. The van der Waals surface area contributed by atoms with Crippen molar-refractivity contribution in [3.63, 3.8) is 0 Å². The molecule has 2 fully saturated rings. The van der Waals surface area contributed by atoms with Gasteiger partial charge >= 0.3 is 0 Å². The van der Waals surface area contributed by atoms with Gasteiger partial charge in [0.05, 0.1) is 12.0 Å². The molecule has 2 aliphatic rings. The fourth-order valence-electron chi connectivity index (χ4n) is 3.47. The van der Waals surface area contributed by atoms with Crippen LogP contribution in [0.4, 0.5) is 9.52 Å². The number of benzene rings is 1. The van der Waals surface area contributed by atoms with E-state index in [1.54, 1.807) is 23.6 Å². The van der Waals surface area contributed by atoms with Gasteiger partial charge in [-0.25, -0.2) is 14.8 Å². The summed E-state index contributed by atoms with van der Waals surface area (Å²) >= 11 is 1.62. The fourth-order valence-corrected chi connectivity index (χ4v) is 4.16. The molecule has 0 aliphatic carbocycles. The van der Waals surface area contributed by atoms with Crippen molar-refractivity contribution in [3.8, 4) is 0 Å². The molecule has 4 rings (SSSR count). The van der Waals surface area contributed by atoms with Crippen molar-refractivity contribution in [2.75, 3.05) is 37.6 Å². The summed E-state index contributed by atoms with van der Waals surface area (Å²) in [6.07, 6.45) is 1.80. The number of anilines is 1. The summed E-state index contributed by atoms with van der Waals surface area (Å²) in [5, 5.41) is 2.97. The fraction of sp³-hybridized carbons (Fsp3) is 0.412. The second kappa shape index (κ2) is 7.07. The van der Waals surface area contributed by atoms with Crippen LogP contribution in [-0.2, 0) is 4.79 Å². The van der Waals surface area contributed by atoms with Crippen LogP contribution in [-0.4, -0.2) is 48.5 Å². The smallest absolute Gasteiger partial charge is 0.229 e. The molecule has 1 amide bonds. The summed E-state index contributed by atoms with van der Waals surface area (Å²) in [6.45, 7) is 3.50. The number of hydrogen-bond donors (Lipinski definition) is 2. The highest BCUT2D eigenvalue weighted by molar-refractivity contribution is 7.13. The molecule has 1 aromatic heterocycles. The number of carbonyl (C=O) groups excluding carboxylic acids is 1. The lowest BCUT2D eigenvalue weighted by Gasteiger charge is -2.36. The van der Waals surface area contributed by atoms with E-state index in [1.165, 1.54) is 12.1 Å². The SMILES string of the molecule is O=C(C1CNNC1c1cccc(F)c1)N1CCN(c2nccs2)CC1. The highest BCUT2D eigenvalue weighted by atomic mass is 32.1. The standard InChI is InChI=1S/C17H20FN5OS/c18-13-3-1-2-12(10-13)15-14(11-20-21-15)16(24)22-5-7-23(8-6-22)17-19-4-9-25-17/h1-4,9-10,14-15,20-21H,5-8,11H2. The number of piperazine rings is 1. The summed E-state index contributed by atoms with van der Waals surface area (Å²) in [7, 11) is 0. The van der Waals surface area contributed by atoms with Crippen LogP contribution in [0.15, 0.2) is 35.8 Å². The van der Waals surface area contributed by atoms with Gasteiger partial charge in [-0.3, -0.25) is 10.2 Å². The molecule has 2 N–H and O–H groups in total. The van der Waals surface area contributed by atoms with Gasteiger partial charge < -0.3 is 9.80 Å². The van der Waals surface area contributed by atoms with E-state index in [4.69, 9.17) is 0 Å². The van der Waals surface area contributed by atoms with Crippen LogP contribution in [0, 0.1) is 11.7 Å². The number of thiazole rings is 1. The van der Waals surface area contributed by atoms with Crippen LogP contribution < -0.4 is 15.8 Å². The molecule has 25 heavy (non-hydrogen) atoms. The molecule has 1 aromatic carbocycles. The highest BCUT2D eigenvalue weighted by Crippen LogP contribution is 2.28. The average Bonchev–Trinajstić information content (AvgIpc) is 3.33. The van der Waals surface area contributed by atoms with E-state index in [2.05, 4.69) is 20.7 Å². The van der Waals surface area contributed by atoms with Crippen LogP contribution >= 0.6 is 11.3 Å². The first-order valence-electron chi connectivity index (χ1n) is 8.39. The molecule has 2 aromatic rings. The van der Waals surface area contributed by atoms with E-state index >= 15 is 0 Å². The number of carbonyl (C=O) groups is 1. The number of hydrazine groups is 1. The van der Waals surface area contributed by atoms with Crippen molar-refractivity contribution < 1.29 is 9.18 Å². The zero-order valence-electron chi connectivity index (χ0n) is 13.7. The predicted molar refractivity (Wildman–Crippen MR) is 94.7 cm³/mol. The Kier molecular flexibility index (Phi) is 4.65. The van der Waals surface area contributed by atoms with E-state index in [9.17, 15) is 9.18 Å². The molecule has 3 heterocycles. The Bertz CT molecular complexity index is 732. The summed E-state index contributed by atoms with van der Waals surface area (Å²) in [6, 6.07) is 6.24. The second-order valence-electron chi connectivity index (χ2n) is 6.29. The number of rotatable bonds is 3. The Balaban J connectivity index is 1.42. The van der Waals surface area contributed by atoms with Gasteiger partial charge in [-0.1, -0.05) is 12.1 Å². The van der Waals surface area contributed by atoms with Gasteiger partial charge in [0.1, 0.15) is 5.82 Å². The average molecular weight is 361 g/mol. The van der Waals surface area contributed by atoms with Crippen LogP contribution in [0.1, 0.15) is 11.6 Å². The molecule has 2 aliphatic heterocycles. The summed E-state index contributed by atoms with van der Waals surface area (Å²) in [5.74, 6) is -0.395. The van der Waals surface area contributed by atoms with Gasteiger partial charge in [0, 0.05) is 44.3 Å². The lowest BCUT2D eigenvalue weighted by Crippen LogP contribution is -2.51. The zero-order chi connectivity index (χ0) is 17.2. The van der Waals surface area contributed by atoms with Crippen molar-refractivity contribution in [2.24, 2.45) is 5.92 Å². The zero-order valence-corrected chi connectivity index (χ0v) is 14.5. The first-order chi connectivity index (χ1) is 12.2. The van der Waals surface area contributed by atoms with Crippen molar-refractivity contribution in [1.82, 2.24) is 20.7 Å². The van der Waals surface area contributed by atoms with Gasteiger partial charge in [0.25, 0.3) is 0 Å². The molecule has 132 valence electrons. The molecule has 2 saturated heterocycles. The Morgan fingerprint density at radius 2 is 2.12 bits per heavy atom. The predicted octanol–water partition coefficient (Wildman–Crippen LogP) is 1.40. The van der Waals surface area contributed by atoms with Crippen molar-refractivity contribution >= 4 is 22.4 Å². The third-order valence-electron chi connectivity index (χ3n) is 4.79. The molecule has 0 bridgehead atoms. The lowest BCUT2D eigenvalue weighted by molar-refractivity contribution is -0.135. The minimum Gasteiger partial charge on any atom is -0.345 e. The number of amides is 1. The number of halogens is 1. The Hall–Kier alpha value is -2.03. The largest absolute Gasteiger partial charge is 0.345 e. The summed E-state index contributed by atoms with van der Waals surface area (Å²) in [5.41, 5.74) is 6.97. The van der Waals surface area contributed by atoms with Gasteiger partial charge in [-0.05, 0) is 17.7 Å². The maximum atomic E-state index is 13.5. The third-order valence-corrected chi connectivity index (χ3v) is 5.62. The number of nitrogens with one attached hydrogen (secondary N) is 2. The summed E-state index contributed by atoms with van der Waals surface area (Å²) in [4.78, 5) is 21.4. The number of hydrogen-bond acceptors (Lipinski definition) is 6. The topological polar surface area (TPSA) is 60.5 Å². The quantitative estimate of drug-likeness (QED) is 0.865. The van der Waals surface area contributed by atoms with E-state index in [-0.39, 0.29) is 23.7 Å². The van der Waals surface area contributed by atoms with Gasteiger partial charge in [0.2, 0.25) is 5.91 Å². The lowest BCUT2D eigenvalue weighted by atomic mass is 9.93. The van der Waals surface area contributed by atoms with Gasteiger partial charge in [0.15, 0.2) is 5.13 Å². The molecule has 0 spiro atoms. The minimum absolute atomic E-state index is 0.116. The third kappa shape index (κ3) is 3.37. The first-order valence-corrected chi connectivity index (χ1v) is 9.27. The first kappa shape index (κ1) is 16.4. The molecule has 0 saturated carbocycles. The van der Waals surface area contributed by atoms with E-state index < -0.39 is 0 Å². The monoisotopic (exact) mass is 361 g/mol. The molecule has 6 nitrogen and oxygen atoms in total. The van der Waals surface area contributed by atoms with E-state index in [1.807, 2.05) is 16.3 Å². The Morgan fingerprint density at radius 3 is 2.84 bits per heavy atom. The molecular formula is C17H20FN5OS. The number of nitrogens with zero attached hydrogens (tertiary/aromatic N) is 3. The van der Waals surface area contributed by atoms with Crippen LogP contribution in [0.2, 0.25) is 0 Å². The van der Waals surface area contributed by atoms with E-state index in [0.29, 0.717) is 19.6 Å². The normalized spacial score (nSPS) is 23.9. The minimum atomic E-state index is -0.283. The van der Waals surface area contributed by atoms with Gasteiger partial charge in [-0.15, -0.1) is 11.3 Å². The molecule has 0 radical (unpaired) electrons. The number of aromatic nitrogens is 1. The Morgan fingerprint density at radius 1 is 1.28 bits per heavy atom. The van der Waals surface area contributed by atoms with Crippen LogP contribution in [0.5, 0.6) is 0 Å². The molecule has 2 atom stereocenters. The maximum absolute atomic E-state index is 13.5. The van der Waals surface area contributed by atoms with Crippen molar-refractivity contribution in [2.45, 2.75) is 6.04 Å². The summed E-state index contributed by atoms with van der Waals surface area (Å²) < 4.78 is 13.5. The molecule has 2 unspecified atom stereocenters. The highest BCUT2D eigenvalue weighted by Gasteiger charge is 2.37. The van der Waals surface area contributed by atoms with E-state index in [0.717, 1.165) is 23.8 Å². The Labute approximate surface area is 149 Å². The van der Waals surface area contributed by atoms with Crippen LogP contribution in [0.3, 0.4) is 0 Å². The van der Waals surface area contributed by atoms with Crippen LogP contribution in [0.25, 0.3) is 0 Å². The second-order valence-corrected chi connectivity index (χ2v) is 7.16.